The molecule has 0 saturated carbocycles. The van der Waals surface area contributed by atoms with E-state index in [0.717, 1.165) is 16.8 Å². The normalized spacial score (nSPS) is 10.2. The summed E-state index contributed by atoms with van der Waals surface area (Å²) in [5.41, 5.74) is 2.76. The van der Waals surface area contributed by atoms with Crippen LogP contribution in [0.5, 0.6) is 0 Å². The molecular formula is C18H21N3O2. The van der Waals surface area contributed by atoms with Crippen molar-refractivity contribution in [3.05, 3.63) is 59.9 Å². The second-order valence-electron chi connectivity index (χ2n) is 5.41. The van der Waals surface area contributed by atoms with E-state index in [2.05, 4.69) is 10.3 Å². The minimum atomic E-state index is -0.100. The predicted molar refractivity (Wildman–Crippen MR) is 89.8 cm³/mol. The van der Waals surface area contributed by atoms with Crippen LogP contribution in [0.3, 0.4) is 0 Å². The van der Waals surface area contributed by atoms with Crippen LogP contribution in [-0.4, -0.2) is 28.2 Å². The number of amides is 2. The number of rotatable bonds is 6. The average Bonchev–Trinajstić information content (AvgIpc) is 2.54. The van der Waals surface area contributed by atoms with Crippen molar-refractivity contribution in [2.45, 2.75) is 26.8 Å². The monoisotopic (exact) mass is 311 g/mol. The number of pyridine rings is 1. The van der Waals surface area contributed by atoms with Gasteiger partial charge in [-0.2, -0.15) is 0 Å². The van der Waals surface area contributed by atoms with Gasteiger partial charge in [0.2, 0.25) is 11.8 Å². The van der Waals surface area contributed by atoms with Gasteiger partial charge in [0.25, 0.3) is 0 Å². The third-order valence-electron chi connectivity index (χ3n) is 3.57. The molecule has 0 saturated heterocycles. The Morgan fingerprint density at radius 3 is 2.61 bits per heavy atom. The first-order valence-electron chi connectivity index (χ1n) is 7.56. The van der Waals surface area contributed by atoms with Crippen LogP contribution in [0.2, 0.25) is 0 Å². The van der Waals surface area contributed by atoms with Crippen LogP contribution in [0.25, 0.3) is 0 Å². The van der Waals surface area contributed by atoms with Crippen molar-refractivity contribution in [3.63, 3.8) is 0 Å². The van der Waals surface area contributed by atoms with Gasteiger partial charge in [0.05, 0.1) is 0 Å². The van der Waals surface area contributed by atoms with Crippen molar-refractivity contribution in [3.8, 4) is 0 Å². The first-order valence-corrected chi connectivity index (χ1v) is 7.56. The number of nitrogens with one attached hydrogen (secondary N) is 1. The number of aromatic nitrogens is 1. The van der Waals surface area contributed by atoms with Crippen LogP contribution in [-0.2, 0) is 16.1 Å². The molecule has 0 unspecified atom stereocenters. The van der Waals surface area contributed by atoms with Crippen LogP contribution in [0.1, 0.15) is 24.5 Å². The fourth-order valence-electron chi connectivity index (χ4n) is 2.22. The fourth-order valence-corrected chi connectivity index (χ4v) is 2.22. The zero-order valence-corrected chi connectivity index (χ0v) is 13.5. The topological polar surface area (TPSA) is 62.3 Å². The number of carbonyl (C=O) groups excluding carboxylic acids is 2. The second kappa shape index (κ2) is 8.08. The zero-order chi connectivity index (χ0) is 16.7. The second-order valence-corrected chi connectivity index (χ2v) is 5.41. The molecule has 120 valence electrons. The van der Waals surface area contributed by atoms with E-state index < -0.39 is 0 Å². The highest BCUT2D eigenvalue weighted by molar-refractivity contribution is 5.91. The van der Waals surface area contributed by atoms with E-state index in [1.807, 2.05) is 43.3 Å². The van der Waals surface area contributed by atoms with Gasteiger partial charge in [0, 0.05) is 44.5 Å². The zero-order valence-electron chi connectivity index (χ0n) is 13.5. The standard InChI is InChI=1S/C18H21N3O2/c1-14-6-3-4-8-17(14)20-18(23)9-11-21(15(2)22)13-16-7-5-10-19-12-16/h3-8,10,12H,9,11,13H2,1-2H3,(H,20,23). The van der Waals surface area contributed by atoms with Gasteiger partial charge in [-0.1, -0.05) is 24.3 Å². The lowest BCUT2D eigenvalue weighted by Gasteiger charge is -2.20. The number of hydrogen-bond acceptors (Lipinski definition) is 3. The molecule has 0 radical (unpaired) electrons. The fraction of sp³-hybridized carbons (Fsp3) is 0.278. The highest BCUT2D eigenvalue weighted by Gasteiger charge is 2.12. The molecule has 2 rings (SSSR count). The molecule has 1 heterocycles. The third kappa shape index (κ3) is 5.21. The number of carbonyl (C=O) groups is 2. The summed E-state index contributed by atoms with van der Waals surface area (Å²) in [5, 5.41) is 2.88. The Hall–Kier alpha value is -2.69. The van der Waals surface area contributed by atoms with E-state index in [1.165, 1.54) is 6.92 Å². The number of aryl methyl sites for hydroxylation is 1. The van der Waals surface area contributed by atoms with Crippen molar-refractivity contribution in [1.82, 2.24) is 9.88 Å². The molecule has 5 heteroatoms. The Morgan fingerprint density at radius 1 is 1.17 bits per heavy atom. The molecule has 0 aliphatic rings. The van der Waals surface area contributed by atoms with Gasteiger partial charge in [-0.25, -0.2) is 0 Å². The summed E-state index contributed by atoms with van der Waals surface area (Å²) in [7, 11) is 0. The molecular weight excluding hydrogens is 290 g/mol. The predicted octanol–water partition coefficient (Wildman–Crippen LogP) is 2.77. The maximum Gasteiger partial charge on any atom is 0.226 e. The molecule has 23 heavy (non-hydrogen) atoms. The number of benzene rings is 1. The summed E-state index contributed by atoms with van der Waals surface area (Å²) < 4.78 is 0. The quantitative estimate of drug-likeness (QED) is 0.892. The first-order chi connectivity index (χ1) is 11.1. The van der Waals surface area contributed by atoms with E-state index in [4.69, 9.17) is 0 Å². The lowest BCUT2D eigenvalue weighted by Crippen LogP contribution is -2.31. The Balaban J connectivity index is 1.90. The number of hydrogen-bond donors (Lipinski definition) is 1. The van der Waals surface area contributed by atoms with E-state index in [9.17, 15) is 9.59 Å². The summed E-state index contributed by atoms with van der Waals surface area (Å²) in [6, 6.07) is 11.4. The van der Waals surface area contributed by atoms with E-state index in [-0.39, 0.29) is 18.2 Å². The summed E-state index contributed by atoms with van der Waals surface area (Å²) in [6.45, 7) is 4.29. The smallest absolute Gasteiger partial charge is 0.226 e. The van der Waals surface area contributed by atoms with E-state index in [0.29, 0.717) is 13.1 Å². The SMILES string of the molecule is CC(=O)N(CCC(=O)Nc1ccccc1C)Cc1cccnc1. The van der Waals surface area contributed by atoms with Crippen molar-refractivity contribution in [2.75, 3.05) is 11.9 Å². The summed E-state index contributed by atoms with van der Waals surface area (Å²) >= 11 is 0. The third-order valence-corrected chi connectivity index (χ3v) is 3.57. The van der Waals surface area contributed by atoms with Crippen LogP contribution in [0.4, 0.5) is 5.69 Å². The summed E-state index contributed by atoms with van der Waals surface area (Å²) in [6.07, 6.45) is 3.68. The molecule has 1 N–H and O–H groups in total. The molecule has 1 aromatic carbocycles. The Labute approximate surface area is 136 Å². The van der Waals surface area contributed by atoms with Gasteiger partial charge in [0.15, 0.2) is 0 Å². The van der Waals surface area contributed by atoms with Gasteiger partial charge >= 0.3 is 0 Å². The van der Waals surface area contributed by atoms with Crippen molar-refractivity contribution < 1.29 is 9.59 Å². The Bertz CT molecular complexity index is 671. The van der Waals surface area contributed by atoms with Gasteiger partial charge in [-0.3, -0.25) is 14.6 Å². The molecule has 0 atom stereocenters. The van der Waals surface area contributed by atoms with E-state index in [1.54, 1.807) is 17.3 Å². The van der Waals surface area contributed by atoms with Gasteiger partial charge in [-0.15, -0.1) is 0 Å². The van der Waals surface area contributed by atoms with Crippen LogP contribution < -0.4 is 5.32 Å². The molecule has 1 aromatic heterocycles. The van der Waals surface area contributed by atoms with Crippen molar-refractivity contribution in [2.24, 2.45) is 0 Å². The average molecular weight is 311 g/mol. The van der Waals surface area contributed by atoms with Crippen molar-refractivity contribution in [1.29, 1.82) is 0 Å². The highest BCUT2D eigenvalue weighted by atomic mass is 16.2. The van der Waals surface area contributed by atoms with E-state index >= 15 is 0 Å². The molecule has 2 aromatic rings. The first kappa shape index (κ1) is 16.7. The molecule has 5 nitrogen and oxygen atoms in total. The highest BCUT2D eigenvalue weighted by Crippen LogP contribution is 2.13. The molecule has 2 amide bonds. The van der Waals surface area contributed by atoms with Gasteiger partial charge < -0.3 is 10.2 Å². The number of para-hydroxylation sites is 1. The Kier molecular flexibility index (Phi) is 5.86. The molecule has 0 fully saturated rings. The molecule has 0 bridgehead atoms. The minimum Gasteiger partial charge on any atom is -0.338 e. The molecule has 0 spiro atoms. The van der Waals surface area contributed by atoms with Crippen LogP contribution in [0, 0.1) is 6.92 Å². The summed E-state index contributed by atoms with van der Waals surface area (Å²) in [4.78, 5) is 29.5. The minimum absolute atomic E-state index is 0.0578. The van der Waals surface area contributed by atoms with Gasteiger partial charge in [-0.05, 0) is 30.2 Å². The number of anilines is 1. The maximum absolute atomic E-state index is 12.1. The lowest BCUT2D eigenvalue weighted by molar-refractivity contribution is -0.129. The largest absolute Gasteiger partial charge is 0.338 e. The summed E-state index contributed by atoms with van der Waals surface area (Å²) in [5.74, 6) is -0.158. The van der Waals surface area contributed by atoms with Crippen LogP contribution in [0.15, 0.2) is 48.8 Å². The lowest BCUT2D eigenvalue weighted by atomic mass is 10.2. The maximum atomic E-state index is 12.1. The van der Waals surface area contributed by atoms with Crippen LogP contribution >= 0.6 is 0 Å². The van der Waals surface area contributed by atoms with Gasteiger partial charge in [0.1, 0.15) is 0 Å². The molecule has 0 aliphatic heterocycles. The Morgan fingerprint density at radius 2 is 1.96 bits per heavy atom. The molecule has 0 aliphatic carbocycles. The van der Waals surface area contributed by atoms with Crippen molar-refractivity contribution >= 4 is 17.5 Å². The number of nitrogens with zero attached hydrogens (tertiary/aromatic N) is 2.